The Hall–Kier alpha value is -1.63. The fourth-order valence-corrected chi connectivity index (χ4v) is 1.62. The molecule has 1 N–H and O–H groups in total. The lowest BCUT2D eigenvalue weighted by Crippen LogP contribution is -3.00. The number of hydrogen-bond acceptors (Lipinski definition) is 3. The summed E-state index contributed by atoms with van der Waals surface area (Å²) in [7, 11) is 1.87. The van der Waals surface area contributed by atoms with E-state index in [2.05, 4.69) is 5.16 Å². The minimum absolute atomic E-state index is 0. The van der Waals surface area contributed by atoms with E-state index in [0.29, 0.717) is 5.75 Å². The van der Waals surface area contributed by atoms with Crippen molar-refractivity contribution in [1.82, 2.24) is 0 Å². The SMILES string of the molecule is Cc1ccccc1Oc1cc[n+](C)c(/C=N/O)c1.[I-]. The van der Waals surface area contributed by atoms with E-state index < -0.39 is 0 Å². The molecule has 2 aromatic rings. The highest BCUT2D eigenvalue weighted by Crippen LogP contribution is 2.23. The molecule has 0 fully saturated rings. The fraction of sp³-hybridized carbons (Fsp3) is 0.143. The second kappa shape index (κ2) is 7.08. The Balaban J connectivity index is 0.00000180. The van der Waals surface area contributed by atoms with Crippen LogP contribution in [0.5, 0.6) is 11.5 Å². The summed E-state index contributed by atoms with van der Waals surface area (Å²) in [6, 6.07) is 11.5. The van der Waals surface area contributed by atoms with Gasteiger partial charge in [0.2, 0.25) is 5.69 Å². The van der Waals surface area contributed by atoms with Crippen molar-refractivity contribution in [3.8, 4) is 11.5 Å². The highest BCUT2D eigenvalue weighted by Gasteiger charge is 2.08. The number of aryl methyl sites for hydroxylation is 2. The Morgan fingerprint density at radius 2 is 2.00 bits per heavy atom. The Bertz CT molecular complexity index is 585. The van der Waals surface area contributed by atoms with Gasteiger partial charge in [-0.15, -0.1) is 0 Å². The molecule has 0 saturated heterocycles. The molecule has 2 rings (SSSR count). The number of ether oxygens (including phenoxy) is 1. The molecule has 0 unspecified atom stereocenters. The molecule has 1 aromatic carbocycles. The van der Waals surface area contributed by atoms with Crippen LogP contribution in [0.3, 0.4) is 0 Å². The fourth-order valence-electron chi connectivity index (χ4n) is 1.62. The van der Waals surface area contributed by atoms with Crippen molar-refractivity contribution < 1.29 is 38.5 Å². The van der Waals surface area contributed by atoms with E-state index in [1.165, 1.54) is 6.21 Å². The highest BCUT2D eigenvalue weighted by molar-refractivity contribution is 5.75. The Morgan fingerprint density at radius 3 is 2.68 bits per heavy atom. The minimum Gasteiger partial charge on any atom is -1.00 e. The number of nitrogens with zero attached hydrogens (tertiary/aromatic N) is 2. The zero-order valence-electron chi connectivity index (χ0n) is 10.7. The van der Waals surface area contributed by atoms with E-state index in [0.717, 1.165) is 17.0 Å². The van der Waals surface area contributed by atoms with E-state index >= 15 is 0 Å². The molecule has 0 spiro atoms. The van der Waals surface area contributed by atoms with Crippen molar-refractivity contribution in [3.63, 3.8) is 0 Å². The van der Waals surface area contributed by atoms with Crippen LogP contribution in [0.25, 0.3) is 0 Å². The molecule has 0 saturated carbocycles. The molecule has 0 radical (unpaired) electrons. The van der Waals surface area contributed by atoms with Crippen LogP contribution in [-0.2, 0) is 7.05 Å². The number of rotatable bonds is 3. The molecule has 0 amide bonds. The predicted octanol–water partition coefficient (Wildman–Crippen LogP) is -0.576. The summed E-state index contributed by atoms with van der Waals surface area (Å²) < 4.78 is 7.63. The van der Waals surface area contributed by atoms with E-state index in [9.17, 15) is 0 Å². The lowest BCUT2D eigenvalue weighted by atomic mass is 10.2. The quantitative estimate of drug-likeness (QED) is 0.259. The molecule has 19 heavy (non-hydrogen) atoms. The van der Waals surface area contributed by atoms with Crippen molar-refractivity contribution in [2.75, 3.05) is 0 Å². The lowest BCUT2D eigenvalue weighted by molar-refractivity contribution is -0.672. The number of aromatic nitrogens is 1. The molecule has 1 aromatic heterocycles. The second-order valence-corrected chi connectivity index (χ2v) is 4.01. The van der Waals surface area contributed by atoms with E-state index in [1.807, 2.05) is 61.1 Å². The van der Waals surface area contributed by atoms with Crippen molar-refractivity contribution in [1.29, 1.82) is 0 Å². The van der Waals surface area contributed by atoms with E-state index in [-0.39, 0.29) is 24.0 Å². The van der Waals surface area contributed by atoms with Crippen molar-refractivity contribution in [2.24, 2.45) is 12.2 Å². The van der Waals surface area contributed by atoms with E-state index in [1.54, 1.807) is 0 Å². The van der Waals surface area contributed by atoms with Gasteiger partial charge >= 0.3 is 0 Å². The van der Waals surface area contributed by atoms with Crippen LogP contribution in [0.4, 0.5) is 0 Å². The van der Waals surface area contributed by atoms with Gasteiger partial charge in [0.25, 0.3) is 0 Å². The predicted molar refractivity (Wildman–Crippen MR) is 68.3 cm³/mol. The molecular weight excluding hydrogens is 355 g/mol. The summed E-state index contributed by atoms with van der Waals surface area (Å²) in [5.41, 5.74) is 1.83. The molecule has 4 nitrogen and oxygen atoms in total. The molecule has 100 valence electrons. The number of hydrogen-bond donors (Lipinski definition) is 1. The standard InChI is InChI=1S/C14H14N2O2.HI/c1-11-5-3-4-6-14(11)18-13-7-8-16(2)12(9-13)10-15-17;/h3-10H,1-2H3;1H. The van der Waals surface area contributed by atoms with Crippen LogP contribution in [0.2, 0.25) is 0 Å². The first kappa shape index (κ1) is 15.4. The Morgan fingerprint density at radius 1 is 1.26 bits per heavy atom. The summed E-state index contributed by atoms with van der Waals surface area (Å²) in [4.78, 5) is 0. The minimum atomic E-state index is 0. The summed E-state index contributed by atoms with van der Waals surface area (Å²) in [6.45, 7) is 1.99. The van der Waals surface area contributed by atoms with Crippen molar-refractivity contribution in [2.45, 2.75) is 6.92 Å². The lowest BCUT2D eigenvalue weighted by Gasteiger charge is -2.07. The van der Waals surface area contributed by atoms with Crippen LogP contribution >= 0.6 is 0 Å². The topological polar surface area (TPSA) is 45.7 Å². The summed E-state index contributed by atoms with van der Waals surface area (Å²) in [5, 5.41) is 11.6. The molecule has 0 bridgehead atoms. The highest BCUT2D eigenvalue weighted by atomic mass is 127. The number of oxime groups is 1. The average Bonchev–Trinajstić information content (AvgIpc) is 2.36. The Kier molecular flexibility index (Phi) is 5.75. The Labute approximate surface area is 129 Å². The first-order valence-corrected chi connectivity index (χ1v) is 5.61. The maximum Gasteiger partial charge on any atom is 0.230 e. The summed E-state index contributed by atoms with van der Waals surface area (Å²) in [5.74, 6) is 1.52. The zero-order valence-corrected chi connectivity index (χ0v) is 12.9. The smallest absolute Gasteiger partial charge is 0.230 e. The third-order valence-electron chi connectivity index (χ3n) is 2.67. The van der Waals surface area contributed by atoms with Crippen LogP contribution in [0.1, 0.15) is 11.3 Å². The second-order valence-electron chi connectivity index (χ2n) is 4.01. The maximum absolute atomic E-state index is 8.58. The zero-order chi connectivity index (χ0) is 13.0. The van der Waals surface area contributed by atoms with Crippen LogP contribution in [0, 0.1) is 6.92 Å². The maximum atomic E-state index is 8.58. The average molecular weight is 370 g/mol. The van der Waals surface area contributed by atoms with Gasteiger partial charge in [0.1, 0.15) is 24.8 Å². The number of para-hydroxylation sites is 1. The first-order chi connectivity index (χ1) is 8.70. The van der Waals surface area contributed by atoms with Crippen LogP contribution < -0.4 is 33.3 Å². The largest absolute Gasteiger partial charge is 1.00 e. The molecule has 1 heterocycles. The van der Waals surface area contributed by atoms with Crippen molar-refractivity contribution >= 4 is 6.21 Å². The van der Waals surface area contributed by atoms with E-state index in [4.69, 9.17) is 9.94 Å². The van der Waals surface area contributed by atoms with Gasteiger partial charge in [0.05, 0.1) is 6.07 Å². The molecule has 0 aliphatic heterocycles. The molecular formula is C14H15IN2O2. The number of benzene rings is 1. The molecule has 0 atom stereocenters. The summed E-state index contributed by atoms with van der Waals surface area (Å²) >= 11 is 0. The van der Waals surface area contributed by atoms with Gasteiger partial charge in [-0.3, -0.25) is 0 Å². The third kappa shape index (κ3) is 3.92. The van der Waals surface area contributed by atoms with Gasteiger partial charge in [-0.05, 0) is 18.6 Å². The monoisotopic (exact) mass is 370 g/mol. The van der Waals surface area contributed by atoms with Gasteiger partial charge in [-0.25, -0.2) is 0 Å². The van der Waals surface area contributed by atoms with Gasteiger partial charge in [0, 0.05) is 6.07 Å². The van der Waals surface area contributed by atoms with Crippen LogP contribution in [0.15, 0.2) is 47.8 Å². The van der Waals surface area contributed by atoms with Gasteiger partial charge < -0.3 is 33.9 Å². The number of halogens is 1. The summed E-state index contributed by atoms with van der Waals surface area (Å²) in [6.07, 6.45) is 3.22. The molecule has 5 heteroatoms. The molecule has 0 aliphatic rings. The van der Waals surface area contributed by atoms with Gasteiger partial charge in [-0.2, -0.15) is 4.57 Å². The van der Waals surface area contributed by atoms with Crippen molar-refractivity contribution in [3.05, 3.63) is 53.9 Å². The van der Waals surface area contributed by atoms with Crippen LogP contribution in [-0.4, -0.2) is 11.4 Å². The van der Waals surface area contributed by atoms with Gasteiger partial charge in [-0.1, -0.05) is 23.4 Å². The first-order valence-electron chi connectivity index (χ1n) is 5.61. The number of pyridine rings is 1. The normalized spacial score (nSPS) is 10.2. The third-order valence-corrected chi connectivity index (χ3v) is 2.67. The van der Waals surface area contributed by atoms with Gasteiger partial charge in [0.15, 0.2) is 6.20 Å². The molecule has 0 aliphatic carbocycles.